The van der Waals surface area contributed by atoms with Crippen LogP contribution in [0.4, 0.5) is 13.2 Å². The molecular weight excluding hydrogens is 303 g/mol. The van der Waals surface area contributed by atoms with Crippen LogP contribution in [0.3, 0.4) is 0 Å². The first-order valence-electron chi connectivity index (χ1n) is 7.32. The Morgan fingerprint density at radius 3 is 2.71 bits per heavy atom. The second kappa shape index (κ2) is 7.69. The molecule has 2 aliphatic heterocycles. The minimum absolute atomic E-state index is 0.0591. The maximum atomic E-state index is 12.4. The third-order valence-electron chi connectivity index (χ3n) is 3.76. The van der Waals surface area contributed by atoms with Gasteiger partial charge in [-0.3, -0.25) is 9.69 Å². The number of carbonyl (C=O) groups excluding carboxylic acids is 1. The monoisotopic (exact) mass is 325 g/mol. The zero-order valence-electron chi connectivity index (χ0n) is 12.0. The standard InChI is InChI=1S/C13H22F3N3OS/c14-13(15,16)10-18-3-1-4-19(6-5-18)12(20)8-11-9-21-7-2-17-11/h11,17H,1-10H2. The molecule has 21 heavy (non-hydrogen) atoms. The van der Waals surface area contributed by atoms with Crippen LogP contribution in [0.25, 0.3) is 0 Å². The van der Waals surface area contributed by atoms with E-state index in [0.29, 0.717) is 39.0 Å². The summed E-state index contributed by atoms with van der Waals surface area (Å²) < 4.78 is 37.2. The van der Waals surface area contributed by atoms with E-state index in [1.165, 1.54) is 4.90 Å². The second-order valence-electron chi connectivity index (χ2n) is 5.56. The maximum Gasteiger partial charge on any atom is 0.401 e. The largest absolute Gasteiger partial charge is 0.401 e. The van der Waals surface area contributed by atoms with Crippen LogP contribution < -0.4 is 5.32 Å². The van der Waals surface area contributed by atoms with Gasteiger partial charge in [0, 0.05) is 56.7 Å². The molecule has 1 amide bonds. The molecule has 4 nitrogen and oxygen atoms in total. The molecule has 8 heteroatoms. The fourth-order valence-electron chi connectivity index (χ4n) is 2.72. The molecule has 2 saturated heterocycles. The van der Waals surface area contributed by atoms with E-state index in [4.69, 9.17) is 0 Å². The van der Waals surface area contributed by atoms with Gasteiger partial charge in [0.2, 0.25) is 5.91 Å². The van der Waals surface area contributed by atoms with Crippen LogP contribution in [0.15, 0.2) is 0 Å². The van der Waals surface area contributed by atoms with Crippen LogP contribution in [-0.4, -0.2) is 78.7 Å². The summed E-state index contributed by atoms with van der Waals surface area (Å²) in [6, 6.07) is 0.200. The van der Waals surface area contributed by atoms with E-state index < -0.39 is 12.7 Å². The zero-order valence-corrected chi connectivity index (χ0v) is 12.8. The Morgan fingerprint density at radius 1 is 1.24 bits per heavy atom. The molecule has 2 heterocycles. The summed E-state index contributed by atoms with van der Waals surface area (Å²) in [6.07, 6.45) is -3.11. The Balaban J connectivity index is 1.77. The summed E-state index contributed by atoms with van der Waals surface area (Å²) >= 11 is 1.84. The smallest absolute Gasteiger partial charge is 0.341 e. The van der Waals surface area contributed by atoms with Crippen LogP contribution in [0.5, 0.6) is 0 Å². The molecule has 1 N–H and O–H groups in total. The Morgan fingerprint density at radius 2 is 2.05 bits per heavy atom. The molecule has 0 bridgehead atoms. The van der Waals surface area contributed by atoms with E-state index in [2.05, 4.69) is 5.32 Å². The van der Waals surface area contributed by atoms with Gasteiger partial charge in [-0.05, 0) is 6.42 Å². The van der Waals surface area contributed by atoms with Crippen molar-refractivity contribution < 1.29 is 18.0 Å². The molecule has 0 radical (unpaired) electrons. The van der Waals surface area contributed by atoms with Gasteiger partial charge in [-0.25, -0.2) is 0 Å². The number of halogens is 3. The molecule has 0 aliphatic carbocycles. The summed E-state index contributed by atoms with van der Waals surface area (Å²) in [6.45, 7) is 1.71. The van der Waals surface area contributed by atoms with Crippen molar-refractivity contribution in [2.24, 2.45) is 0 Å². The zero-order chi connectivity index (χ0) is 15.3. The molecule has 0 aromatic rings. The first kappa shape index (κ1) is 16.9. The number of nitrogens with zero attached hydrogens (tertiary/aromatic N) is 2. The Hall–Kier alpha value is -0.470. The first-order chi connectivity index (χ1) is 9.94. The third kappa shape index (κ3) is 6.04. The van der Waals surface area contributed by atoms with Gasteiger partial charge >= 0.3 is 6.18 Å². The van der Waals surface area contributed by atoms with E-state index in [1.807, 2.05) is 11.8 Å². The lowest BCUT2D eigenvalue weighted by molar-refractivity contribution is -0.145. The van der Waals surface area contributed by atoms with Gasteiger partial charge < -0.3 is 10.2 Å². The summed E-state index contributed by atoms with van der Waals surface area (Å²) in [5.41, 5.74) is 0. The Labute approximate surface area is 127 Å². The van der Waals surface area contributed by atoms with E-state index in [1.54, 1.807) is 4.90 Å². The number of alkyl halides is 3. The third-order valence-corrected chi connectivity index (χ3v) is 4.89. The number of thioether (sulfide) groups is 1. The van der Waals surface area contributed by atoms with Crippen LogP contribution >= 0.6 is 11.8 Å². The van der Waals surface area contributed by atoms with E-state index >= 15 is 0 Å². The average molecular weight is 325 g/mol. The first-order valence-corrected chi connectivity index (χ1v) is 8.47. The van der Waals surface area contributed by atoms with Crippen molar-refractivity contribution in [3.63, 3.8) is 0 Å². The Bertz CT molecular complexity index is 348. The maximum absolute atomic E-state index is 12.4. The van der Waals surface area contributed by atoms with Gasteiger partial charge in [-0.15, -0.1) is 0 Å². The van der Waals surface area contributed by atoms with Gasteiger partial charge in [0.05, 0.1) is 6.54 Å². The van der Waals surface area contributed by atoms with Gasteiger partial charge in [0.1, 0.15) is 0 Å². The lowest BCUT2D eigenvalue weighted by Gasteiger charge is -2.27. The van der Waals surface area contributed by atoms with Gasteiger partial charge in [0.25, 0.3) is 0 Å². The predicted octanol–water partition coefficient (Wildman–Crippen LogP) is 1.18. The van der Waals surface area contributed by atoms with Crippen LogP contribution in [0.1, 0.15) is 12.8 Å². The van der Waals surface area contributed by atoms with E-state index in [9.17, 15) is 18.0 Å². The number of amides is 1. The summed E-state index contributed by atoms with van der Waals surface area (Å²) in [5, 5.41) is 3.32. The van der Waals surface area contributed by atoms with Gasteiger partial charge in [-0.2, -0.15) is 24.9 Å². The molecule has 0 aromatic carbocycles. The number of hydrogen-bond donors (Lipinski definition) is 1. The number of carbonyl (C=O) groups is 1. The molecule has 1 unspecified atom stereocenters. The van der Waals surface area contributed by atoms with Crippen molar-refractivity contribution in [3.8, 4) is 0 Å². The lowest BCUT2D eigenvalue weighted by atomic mass is 10.2. The summed E-state index contributed by atoms with van der Waals surface area (Å²) in [5.74, 6) is 2.06. The Kier molecular flexibility index (Phi) is 6.19. The molecule has 1 atom stereocenters. The topological polar surface area (TPSA) is 35.6 Å². The van der Waals surface area contributed by atoms with Crippen molar-refractivity contribution in [1.82, 2.24) is 15.1 Å². The molecule has 0 aromatic heterocycles. The molecule has 2 fully saturated rings. The molecule has 122 valence electrons. The molecule has 0 saturated carbocycles. The highest BCUT2D eigenvalue weighted by molar-refractivity contribution is 7.99. The van der Waals surface area contributed by atoms with Crippen molar-refractivity contribution in [3.05, 3.63) is 0 Å². The fraction of sp³-hybridized carbons (Fsp3) is 0.923. The van der Waals surface area contributed by atoms with Crippen molar-refractivity contribution >= 4 is 17.7 Å². The van der Waals surface area contributed by atoms with Gasteiger partial charge in [0.15, 0.2) is 0 Å². The highest BCUT2D eigenvalue weighted by atomic mass is 32.2. The minimum atomic E-state index is -4.16. The molecule has 2 rings (SSSR count). The number of nitrogens with one attached hydrogen (secondary N) is 1. The average Bonchev–Trinajstić information content (AvgIpc) is 2.63. The van der Waals surface area contributed by atoms with Crippen LogP contribution in [0.2, 0.25) is 0 Å². The van der Waals surface area contributed by atoms with Crippen molar-refractivity contribution in [2.45, 2.75) is 25.1 Å². The second-order valence-corrected chi connectivity index (χ2v) is 6.71. The van der Waals surface area contributed by atoms with Crippen molar-refractivity contribution in [1.29, 1.82) is 0 Å². The fourth-order valence-corrected chi connectivity index (χ4v) is 3.67. The quantitative estimate of drug-likeness (QED) is 0.845. The number of hydrogen-bond acceptors (Lipinski definition) is 4. The molecule has 2 aliphatic rings. The highest BCUT2D eigenvalue weighted by Gasteiger charge is 2.32. The highest BCUT2D eigenvalue weighted by Crippen LogP contribution is 2.18. The predicted molar refractivity (Wildman–Crippen MR) is 77.4 cm³/mol. The van der Waals surface area contributed by atoms with Crippen LogP contribution in [0, 0.1) is 0 Å². The SMILES string of the molecule is O=C(CC1CSCCN1)N1CCCN(CC(F)(F)F)CC1. The summed E-state index contributed by atoms with van der Waals surface area (Å²) in [4.78, 5) is 15.4. The van der Waals surface area contributed by atoms with E-state index in [0.717, 1.165) is 18.1 Å². The normalized spacial score (nSPS) is 25.7. The molecular formula is C13H22F3N3OS. The lowest BCUT2D eigenvalue weighted by Crippen LogP contribution is -2.43. The number of rotatable bonds is 3. The van der Waals surface area contributed by atoms with E-state index in [-0.39, 0.29) is 11.9 Å². The molecule has 0 spiro atoms. The minimum Gasteiger partial charge on any atom is -0.341 e. The van der Waals surface area contributed by atoms with Crippen LogP contribution in [-0.2, 0) is 4.79 Å². The van der Waals surface area contributed by atoms with Gasteiger partial charge in [-0.1, -0.05) is 0 Å². The van der Waals surface area contributed by atoms with Crippen molar-refractivity contribution in [2.75, 3.05) is 50.8 Å². The summed E-state index contributed by atoms with van der Waals surface area (Å²) in [7, 11) is 0.